The molecule has 0 fully saturated rings. The molecule has 0 aliphatic rings. The van der Waals surface area contributed by atoms with Crippen molar-refractivity contribution in [2.45, 2.75) is 13.0 Å². The minimum Gasteiger partial charge on any atom is -0.384 e. The van der Waals surface area contributed by atoms with Gasteiger partial charge in [-0.05, 0) is 36.4 Å². The number of nitrogens with two attached hydrogens (primary N) is 1. The Labute approximate surface area is 181 Å². The molecule has 2 N–H and O–H groups in total. The van der Waals surface area contributed by atoms with Crippen LogP contribution in [-0.4, -0.2) is 23.3 Å². The first-order valence-electron chi connectivity index (χ1n) is 9.73. The zero-order chi connectivity index (χ0) is 20.9. The highest BCUT2D eigenvalue weighted by Gasteiger charge is 2.14. The van der Waals surface area contributed by atoms with E-state index in [0.717, 1.165) is 33.4 Å². The summed E-state index contributed by atoms with van der Waals surface area (Å²) in [6, 6.07) is 22.0. The van der Waals surface area contributed by atoms with E-state index in [4.69, 9.17) is 22.1 Å². The van der Waals surface area contributed by atoms with Crippen molar-refractivity contribution in [2.24, 2.45) is 0 Å². The van der Waals surface area contributed by atoms with Crippen molar-refractivity contribution in [3.05, 3.63) is 83.0 Å². The number of fused-ring (bicyclic) bond motifs is 1. The molecule has 5 heteroatoms. The van der Waals surface area contributed by atoms with Crippen LogP contribution in [0.4, 0.5) is 5.82 Å². The van der Waals surface area contributed by atoms with Crippen molar-refractivity contribution in [3.8, 4) is 23.1 Å². The van der Waals surface area contributed by atoms with Crippen LogP contribution in [0.15, 0.2) is 66.7 Å². The lowest BCUT2D eigenvalue weighted by Crippen LogP contribution is -2.05. The molecule has 30 heavy (non-hydrogen) atoms. The second kappa shape index (κ2) is 9.04. The molecule has 0 aliphatic heterocycles. The van der Waals surface area contributed by atoms with E-state index in [2.05, 4.69) is 39.6 Å². The molecule has 2 aromatic heterocycles. The highest BCUT2D eigenvalue weighted by Crippen LogP contribution is 2.33. The number of rotatable bonds is 5. The van der Waals surface area contributed by atoms with E-state index in [1.54, 1.807) is 13.2 Å². The fourth-order valence-electron chi connectivity index (χ4n) is 3.46. The number of methoxy groups -OCH3 is 1. The van der Waals surface area contributed by atoms with E-state index in [1.165, 1.54) is 0 Å². The van der Waals surface area contributed by atoms with Gasteiger partial charge in [-0.1, -0.05) is 53.8 Å². The number of hydrogen-bond donors (Lipinski definition) is 1. The van der Waals surface area contributed by atoms with Gasteiger partial charge < -0.3 is 15.0 Å². The Morgan fingerprint density at radius 2 is 1.93 bits per heavy atom. The highest BCUT2D eigenvalue weighted by atomic mass is 35.5. The first-order chi connectivity index (χ1) is 14.7. The topological polar surface area (TPSA) is 53.1 Å². The van der Waals surface area contributed by atoms with Crippen molar-refractivity contribution >= 4 is 28.3 Å². The SMILES string of the molecule is COCCC#Cc1ccc2cc(-c3ccccc3Cl)n(Cc3cccc(N)n3)c2c1. The lowest BCUT2D eigenvalue weighted by Gasteiger charge is -2.12. The molecule has 0 saturated heterocycles. The normalized spacial score (nSPS) is 10.7. The van der Waals surface area contributed by atoms with Gasteiger partial charge >= 0.3 is 0 Å². The number of hydrogen-bond acceptors (Lipinski definition) is 3. The van der Waals surface area contributed by atoms with Gasteiger partial charge in [0.25, 0.3) is 0 Å². The fourth-order valence-corrected chi connectivity index (χ4v) is 3.69. The lowest BCUT2D eigenvalue weighted by molar-refractivity contribution is 0.206. The number of aromatic nitrogens is 2. The van der Waals surface area contributed by atoms with Crippen LogP contribution in [0.1, 0.15) is 17.7 Å². The molecule has 0 radical (unpaired) electrons. The summed E-state index contributed by atoms with van der Waals surface area (Å²) in [6.45, 7) is 1.21. The fraction of sp³-hybridized carbons (Fsp3) is 0.160. The summed E-state index contributed by atoms with van der Waals surface area (Å²) in [5.41, 5.74) is 10.8. The highest BCUT2D eigenvalue weighted by molar-refractivity contribution is 6.33. The van der Waals surface area contributed by atoms with E-state index >= 15 is 0 Å². The maximum Gasteiger partial charge on any atom is 0.123 e. The second-order valence-corrected chi connectivity index (χ2v) is 7.37. The van der Waals surface area contributed by atoms with Gasteiger partial charge in [0.1, 0.15) is 5.82 Å². The van der Waals surface area contributed by atoms with Gasteiger partial charge in [-0.25, -0.2) is 4.98 Å². The van der Waals surface area contributed by atoms with Crippen LogP contribution < -0.4 is 5.73 Å². The zero-order valence-corrected chi connectivity index (χ0v) is 17.5. The van der Waals surface area contributed by atoms with E-state index < -0.39 is 0 Å². The Balaban J connectivity index is 1.85. The summed E-state index contributed by atoms with van der Waals surface area (Å²) in [4.78, 5) is 4.49. The van der Waals surface area contributed by atoms with E-state index in [-0.39, 0.29) is 0 Å². The summed E-state index contributed by atoms with van der Waals surface area (Å²) in [5.74, 6) is 6.89. The van der Waals surface area contributed by atoms with Gasteiger partial charge in [0.05, 0.1) is 30.1 Å². The third kappa shape index (κ3) is 4.33. The van der Waals surface area contributed by atoms with Gasteiger partial charge in [0.2, 0.25) is 0 Å². The van der Waals surface area contributed by atoms with Gasteiger partial charge in [-0.15, -0.1) is 0 Å². The molecule has 0 bridgehead atoms. The second-order valence-electron chi connectivity index (χ2n) is 6.97. The van der Waals surface area contributed by atoms with Crippen molar-refractivity contribution in [3.63, 3.8) is 0 Å². The molecule has 4 nitrogen and oxygen atoms in total. The molecule has 0 aliphatic carbocycles. The molecule has 150 valence electrons. The smallest absolute Gasteiger partial charge is 0.123 e. The number of pyridine rings is 1. The monoisotopic (exact) mass is 415 g/mol. The summed E-state index contributed by atoms with van der Waals surface area (Å²) in [6.07, 6.45) is 0.702. The molecule has 0 spiro atoms. The summed E-state index contributed by atoms with van der Waals surface area (Å²) >= 11 is 6.53. The number of ether oxygens (including phenoxy) is 1. The van der Waals surface area contributed by atoms with Crippen LogP contribution in [0.25, 0.3) is 22.2 Å². The van der Waals surface area contributed by atoms with Gasteiger partial charge in [-0.3, -0.25) is 0 Å². The maximum absolute atomic E-state index is 6.53. The third-order valence-corrected chi connectivity index (χ3v) is 5.20. The van der Waals surface area contributed by atoms with Crippen molar-refractivity contribution in [2.75, 3.05) is 19.5 Å². The first-order valence-corrected chi connectivity index (χ1v) is 10.1. The standard InChI is InChI=1S/C25H22ClN3O/c1-30-14-5-4-7-18-12-13-19-16-24(21-9-2-3-10-22(21)26)29(23(19)15-18)17-20-8-6-11-25(27)28-20/h2-3,6,8-13,15-16H,5,14,17H2,1H3,(H2,27,28). The maximum atomic E-state index is 6.53. The van der Waals surface area contributed by atoms with Crippen LogP contribution in [0, 0.1) is 11.8 Å². The largest absolute Gasteiger partial charge is 0.384 e. The molecule has 2 aromatic carbocycles. The van der Waals surface area contributed by atoms with Gasteiger partial charge in [-0.2, -0.15) is 0 Å². The molecule has 0 unspecified atom stereocenters. The lowest BCUT2D eigenvalue weighted by atomic mass is 10.1. The number of halogens is 1. The van der Waals surface area contributed by atoms with Crippen LogP contribution in [0.2, 0.25) is 5.02 Å². The van der Waals surface area contributed by atoms with Crippen LogP contribution in [0.5, 0.6) is 0 Å². The van der Waals surface area contributed by atoms with Gasteiger partial charge in [0, 0.05) is 35.1 Å². The molecular weight excluding hydrogens is 394 g/mol. The molecule has 0 atom stereocenters. The Bertz CT molecular complexity index is 1250. The molecule has 4 aromatic rings. The predicted molar refractivity (Wildman–Crippen MR) is 124 cm³/mol. The summed E-state index contributed by atoms with van der Waals surface area (Å²) < 4.78 is 7.29. The first kappa shape index (κ1) is 20.0. The minimum atomic E-state index is 0.507. The minimum absolute atomic E-state index is 0.507. The van der Waals surface area contributed by atoms with Gasteiger partial charge in [0.15, 0.2) is 0 Å². The molecule has 0 saturated carbocycles. The quantitative estimate of drug-likeness (QED) is 0.352. The van der Waals surface area contributed by atoms with E-state index in [1.807, 2.05) is 42.5 Å². The van der Waals surface area contributed by atoms with Crippen LogP contribution in [-0.2, 0) is 11.3 Å². The van der Waals surface area contributed by atoms with E-state index in [9.17, 15) is 0 Å². The predicted octanol–water partition coefficient (Wildman–Crippen LogP) is 5.38. The van der Waals surface area contributed by atoms with Crippen molar-refractivity contribution < 1.29 is 4.74 Å². The van der Waals surface area contributed by atoms with Crippen molar-refractivity contribution in [1.82, 2.24) is 9.55 Å². The summed E-state index contributed by atoms with van der Waals surface area (Å²) in [7, 11) is 1.68. The van der Waals surface area contributed by atoms with E-state index in [0.29, 0.717) is 30.4 Å². The Morgan fingerprint density at radius 1 is 1.07 bits per heavy atom. The number of nitrogens with zero attached hydrogens (tertiary/aromatic N) is 2. The summed E-state index contributed by atoms with van der Waals surface area (Å²) in [5, 5.41) is 1.83. The number of nitrogen functional groups attached to an aromatic ring is 1. The van der Waals surface area contributed by atoms with Crippen LogP contribution in [0.3, 0.4) is 0 Å². The van der Waals surface area contributed by atoms with Crippen molar-refractivity contribution in [1.29, 1.82) is 0 Å². The molecule has 0 amide bonds. The number of anilines is 1. The molecule has 4 rings (SSSR count). The average Bonchev–Trinajstić information content (AvgIpc) is 3.09. The molecular formula is C25H22ClN3O. The average molecular weight is 416 g/mol. The Kier molecular flexibility index (Phi) is 6.04. The number of benzene rings is 2. The Morgan fingerprint density at radius 3 is 2.73 bits per heavy atom. The Hall–Kier alpha value is -3.26. The van der Waals surface area contributed by atoms with Crippen LogP contribution >= 0.6 is 11.6 Å². The third-order valence-electron chi connectivity index (χ3n) is 4.87. The molecule has 2 heterocycles. The zero-order valence-electron chi connectivity index (χ0n) is 16.7.